The maximum atomic E-state index is 11.8. The lowest BCUT2D eigenvalue weighted by Gasteiger charge is -2.26. The molecule has 2 rings (SSSR count). The zero-order valence-corrected chi connectivity index (χ0v) is 10.9. The molecular formula is C14H26N2O. The minimum Gasteiger partial charge on any atom is -0.356 e. The van der Waals surface area contributed by atoms with E-state index in [4.69, 9.17) is 0 Å². The predicted octanol–water partition coefficient (Wildman–Crippen LogP) is 2.17. The fourth-order valence-electron chi connectivity index (χ4n) is 3.03. The number of likely N-dealkylation sites (tertiary alicyclic amines) is 1. The molecule has 1 saturated heterocycles. The molecule has 1 amide bonds. The van der Waals surface area contributed by atoms with Crippen LogP contribution in [0.25, 0.3) is 0 Å². The highest BCUT2D eigenvalue weighted by atomic mass is 16.1. The number of nitrogens with zero attached hydrogens (tertiary/aromatic N) is 1. The quantitative estimate of drug-likeness (QED) is 0.745. The van der Waals surface area contributed by atoms with Crippen LogP contribution in [0, 0.1) is 5.92 Å². The summed E-state index contributed by atoms with van der Waals surface area (Å²) in [6.07, 6.45) is 9.92. The van der Waals surface area contributed by atoms with Crippen molar-refractivity contribution in [2.45, 2.75) is 51.4 Å². The second-order valence-corrected chi connectivity index (χ2v) is 5.53. The van der Waals surface area contributed by atoms with Crippen molar-refractivity contribution >= 4 is 5.91 Å². The van der Waals surface area contributed by atoms with Crippen molar-refractivity contribution in [3.8, 4) is 0 Å². The molecule has 1 saturated carbocycles. The van der Waals surface area contributed by atoms with Gasteiger partial charge in [-0.2, -0.15) is 0 Å². The first kappa shape index (κ1) is 12.9. The van der Waals surface area contributed by atoms with Crippen LogP contribution in [0.3, 0.4) is 0 Å². The molecular weight excluding hydrogens is 212 g/mol. The van der Waals surface area contributed by atoms with Crippen LogP contribution in [0.15, 0.2) is 0 Å². The number of hydrogen-bond acceptors (Lipinski definition) is 2. The Bertz CT molecular complexity index is 230. The molecule has 0 aromatic heterocycles. The van der Waals surface area contributed by atoms with Gasteiger partial charge in [-0.1, -0.05) is 19.3 Å². The number of nitrogens with one attached hydrogen (secondary N) is 1. The summed E-state index contributed by atoms with van der Waals surface area (Å²) >= 11 is 0. The fraction of sp³-hybridized carbons (Fsp3) is 0.929. The van der Waals surface area contributed by atoms with Crippen LogP contribution in [-0.2, 0) is 4.79 Å². The first-order valence-corrected chi connectivity index (χ1v) is 7.36. The van der Waals surface area contributed by atoms with Crippen molar-refractivity contribution in [2.75, 3.05) is 26.2 Å². The summed E-state index contributed by atoms with van der Waals surface area (Å²) in [5, 5.41) is 3.10. The van der Waals surface area contributed by atoms with E-state index in [0.29, 0.717) is 11.8 Å². The first-order chi connectivity index (χ1) is 8.36. The molecule has 17 heavy (non-hydrogen) atoms. The average molecular weight is 238 g/mol. The van der Waals surface area contributed by atoms with Gasteiger partial charge in [0.2, 0.25) is 5.91 Å². The van der Waals surface area contributed by atoms with E-state index in [0.717, 1.165) is 32.4 Å². The topological polar surface area (TPSA) is 32.3 Å². The molecule has 2 fully saturated rings. The van der Waals surface area contributed by atoms with Crippen molar-refractivity contribution < 1.29 is 4.79 Å². The van der Waals surface area contributed by atoms with E-state index in [-0.39, 0.29) is 0 Å². The normalized spacial score (nSPS) is 22.8. The lowest BCUT2D eigenvalue weighted by atomic mass is 10.1. The molecule has 0 aromatic rings. The van der Waals surface area contributed by atoms with E-state index >= 15 is 0 Å². The highest BCUT2D eigenvalue weighted by molar-refractivity contribution is 5.78. The summed E-state index contributed by atoms with van der Waals surface area (Å²) in [5.41, 5.74) is 0. The van der Waals surface area contributed by atoms with Gasteiger partial charge in [0, 0.05) is 12.5 Å². The average Bonchev–Trinajstić information content (AvgIpc) is 2.89. The number of carbonyl (C=O) groups excluding carboxylic acids is 1. The van der Waals surface area contributed by atoms with Gasteiger partial charge >= 0.3 is 0 Å². The van der Waals surface area contributed by atoms with Crippen molar-refractivity contribution in [1.29, 1.82) is 0 Å². The predicted molar refractivity (Wildman–Crippen MR) is 69.9 cm³/mol. The Kier molecular flexibility index (Phi) is 5.30. The molecule has 0 spiro atoms. The molecule has 2 aliphatic rings. The Morgan fingerprint density at radius 1 is 1.06 bits per heavy atom. The van der Waals surface area contributed by atoms with Crippen molar-refractivity contribution in [2.24, 2.45) is 5.92 Å². The Hall–Kier alpha value is -0.570. The molecule has 3 heteroatoms. The van der Waals surface area contributed by atoms with E-state index in [2.05, 4.69) is 10.2 Å². The lowest BCUT2D eigenvalue weighted by molar-refractivity contribution is -0.124. The zero-order chi connectivity index (χ0) is 11.9. The Morgan fingerprint density at radius 3 is 2.47 bits per heavy atom. The highest BCUT2D eigenvalue weighted by Gasteiger charge is 2.21. The monoisotopic (exact) mass is 238 g/mol. The largest absolute Gasteiger partial charge is 0.356 e. The highest BCUT2D eigenvalue weighted by Crippen LogP contribution is 2.24. The van der Waals surface area contributed by atoms with Gasteiger partial charge in [0.1, 0.15) is 0 Å². The van der Waals surface area contributed by atoms with Crippen molar-refractivity contribution in [3.05, 3.63) is 0 Å². The van der Waals surface area contributed by atoms with Gasteiger partial charge in [0.25, 0.3) is 0 Å². The maximum absolute atomic E-state index is 11.8. The molecule has 1 aliphatic heterocycles. The molecule has 3 nitrogen and oxygen atoms in total. The molecule has 98 valence electrons. The molecule has 1 heterocycles. The third-order valence-corrected chi connectivity index (χ3v) is 4.12. The van der Waals surface area contributed by atoms with Crippen LogP contribution in [0.1, 0.15) is 51.4 Å². The summed E-state index contributed by atoms with van der Waals surface area (Å²) in [7, 11) is 0. The lowest BCUT2D eigenvalue weighted by Crippen LogP contribution is -2.34. The number of hydrogen-bond donors (Lipinski definition) is 1. The summed E-state index contributed by atoms with van der Waals surface area (Å²) in [6.45, 7) is 4.55. The number of amides is 1. The van der Waals surface area contributed by atoms with Crippen molar-refractivity contribution in [1.82, 2.24) is 10.2 Å². The van der Waals surface area contributed by atoms with Crippen LogP contribution in [0.5, 0.6) is 0 Å². The van der Waals surface area contributed by atoms with Crippen molar-refractivity contribution in [3.63, 3.8) is 0 Å². The van der Waals surface area contributed by atoms with E-state index in [1.54, 1.807) is 0 Å². The SMILES string of the molecule is O=C(NCCCN1CCCCC1)C1CCCC1. The van der Waals surface area contributed by atoms with Crippen LogP contribution < -0.4 is 5.32 Å². The van der Waals surface area contributed by atoms with Gasteiger partial charge in [-0.3, -0.25) is 4.79 Å². The standard InChI is InChI=1S/C14H26N2O/c17-14(13-7-2-3-8-13)15-9-6-12-16-10-4-1-5-11-16/h13H,1-12H2,(H,15,17). The van der Waals surface area contributed by atoms with Gasteiger partial charge in [-0.05, 0) is 51.7 Å². The van der Waals surface area contributed by atoms with Gasteiger partial charge in [0.05, 0.1) is 0 Å². The van der Waals surface area contributed by atoms with E-state index < -0.39 is 0 Å². The van der Waals surface area contributed by atoms with Gasteiger partial charge in [0.15, 0.2) is 0 Å². The minimum atomic E-state index is 0.307. The second kappa shape index (κ2) is 7.00. The smallest absolute Gasteiger partial charge is 0.223 e. The van der Waals surface area contributed by atoms with E-state index in [9.17, 15) is 4.79 Å². The molecule has 0 atom stereocenters. The van der Waals surface area contributed by atoms with Gasteiger partial charge in [-0.25, -0.2) is 0 Å². The van der Waals surface area contributed by atoms with E-state index in [1.165, 1.54) is 45.2 Å². The summed E-state index contributed by atoms with van der Waals surface area (Å²) in [4.78, 5) is 14.3. The summed E-state index contributed by atoms with van der Waals surface area (Å²) in [6, 6.07) is 0. The summed E-state index contributed by atoms with van der Waals surface area (Å²) in [5.74, 6) is 0.631. The Balaban J connectivity index is 1.51. The van der Waals surface area contributed by atoms with Crippen LogP contribution in [0.2, 0.25) is 0 Å². The molecule has 0 radical (unpaired) electrons. The molecule has 1 aliphatic carbocycles. The molecule has 0 unspecified atom stereocenters. The molecule has 0 aromatic carbocycles. The molecule has 0 bridgehead atoms. The van der Waals surface area contributed by atoms with Crippen LogP contribution in [-0.4, -0.2) is 37.0 Å². The minimum absolute atomic E-state index is 0.307. The maximum Gasteiger partial charge on any atom is 0.223 e. The number of piperidine rings is 1. The fourth-order valence-corrected chi connectivity index (χ4v) is 3.03. The van der Waals surface area contributed by atoms with Gasteiger partial charge < -0.3 is 10.2 Å². The molecule has 1 N–H and O–H groups in total. The van der Waals surface area contributed by atoms with E-state index in [1.807, 2.05) is 0 Å². The zero-order valence-electron chi connectivity index (χ0n) is 10.9. The summed E-state index contributed by atoms with van der Waals surface area (Å²) < 4.78 is 0. The first-order valence-electron chi connectivity index (χ1n) is 7.36. The third-order valence-electron chi connectivity index (χ3n) is 4.12. The Morgan fingerprint density at radius 2 is 1.76 bits per heavy atom. The Labute approximate surface area is 105 Å². The van der Waals surface area contributed by atoms with Crippen LogP contribution in [0.4, 0.5) is 0 Å². The van der Waals surface area contributed by atoms with Crippen LogP contribution >= 0.6 is 0 Å². The van der Waals surface area contributed by atoms with Gasteiger partial charge in [-0.15, -0.1) is 0 Å². The second-order valence-electron chi connectivity index (χ2n) is 5.53. The third kappa shape index (κ3) is 4.30. The number of rotatable bonds is 5. The number of carbonyl (C=O) groups is 1.